The average Bonchev–Trinajstić information content (AvgIpc) is 3.34. The van der Waals surface area contributed by atoms with E-state index < -0.39 is 5.60 Å². The van der Waals surface area contributed by atoms with Crippen LogP contribution in [0.3, 0.4) is 0 Å². The van der Waals surface area contributed by atoms with Crippen LogP contribution in [-0.4, -0.2) is 41.6 Å². The largest absolute Gasteiger partial charge is 0.489 e. The lowest BCUT2D eigenvalue weighted by Gasteiger charge is -2.24. The van der Waals surface area contributed by atoms with E-state index in [1.165, 1.54) is 5.56 Å². The summed E-state index contributed by atoms with van der Waals surface area (Å²) in [4.78, 5) is 27.1. The van der Waals surface area contributed by atoms with E-state index in [0.717, 1.165) is 5.56 Å². The van der Waals surface area contributed by atoms with E-state index in [1.54, 1.807) is 11.8 Å². The molecule has 0 saturated carbocycles. The zero-order valence-corrected chi connectivity index (χ0v) is 20.4. The van der Waals surface area contributed by atoms with Crippen LogP contribution in [0.25, 0.3) is 11.0 Å². The number of amides is 2. The molecule has 0 unspecified atom stereocenters. The first-order valence-electron chi connectivity index (χ1n) is 11.6. The maximum Gasteiger partial charge on any atom is 0.410 e. The number of nitrogens with zero attached hydrogens (tertiary/aromatic N) is 1. The second kappa shape index (κ2) is 9.41. The highest BCUT2D eigenvalue weighted by atomic mass is 16.6. The number of rotatable bonds is 5. The molecule has 0 radical (unpaired) electrons. The summed E-state index contributed by atoms with van der Waals surface area (Å²) in [7, 11) is 0. The van der Waals surface area contributed by atoms with Gasteiger partial charge in [-0.1, -0.05) is 29.8 Å². The number of carbonyl (C=O) groups is 2. The molecule has 2 aromatic carbocycles. The second-order valence-corrected chi connectivity index (χ2v) is 9.85. The van der Waals surface area contributed by atoms with Crippen molar-refractivity contribution in [3.63, 3.8) is 0 Å². The Bertz CT molecular complexity index is 1210. The predicted molar refractivity (Wildman–Crippen MR) is 130 cm³/mol. The Labute approximate surface area is 200 Å². The molecule has 34 heavy (non-hydrogen) atoms. The Hall–Kier alpha value is -3.48. The summed E-state index contributed by atoms with van der Waals surface area (Å²) in [5.74, 6) is 0.995. The van der Waals surface area contributed by atoms with Crippen molar-refractivity contribution in [1.82, 2.24) is 10.2 Å². The third-order valence-electron chi connectivity index (χ3n) is 5.73. The standard InChI is InChI=1S/C27H32N2O5/c1-17-7-6-8-19(13-17)16-32-21-9-10-23-22(14-21)24(18(2)33-23)25(30)28-20-11-12-29(15-20)26(31)34-27(3,4)5/h6-10,13-14,20H,11-12,15-16H2,1-5H3,(H,28,30)/t20-/m1/s1. The molecule has 2 heterocycles. The van der Waals surface area contributed by atoms with E-state index in [4.69, 9.17) is 13.9 Å². The highest BCUT2D eigenvalue weighted by Gasteiger charge is 2.31. The summed E-state index contributed by atoms with van der Waals surface area (Å²) in [5, 5.41) is 3.76. The summed E-state index contributed by atoms with van der Waals surface area (Å²) in [6.45, 7) is 10.7. The summed E-state index contributed by atoms with van der Waals surface area (Å²) in [6, 6.07) is 13.5. The molecule has 1 aliphatic heterocycles. The Morgan fingerprint density at radius 3 is 2.68 bits per heavy atom. The van der Waals surface area contributed by atoms with Gasteiger partial charge in [0, 0.05) is 24.5 Å². The minimum Gasteiger partial charge on any atom is -0.489 e. The monoisotopic (exact) mass is 464 g/mol. The van der Waals surface area contributed by atoms with Gasteiger partial charge in [0.1, 0.15) is 29.3 Å². The number of nitrogens with one attached hydrogen (secondary N) is 1. The molecule has 7 nitrogen and oxygen atoms in total. The van der Waals surface area contributed by atoms with E-state index in [9.17, 15) is 9.59 Å². The molecule has 1 N–H and O–H groups in total. The lowest BCUT2D eigenvalue weighted by atomic mass is 10.1. The summed E-state index contributed by atoms with van der Waals surface area (Å²) in [5.41, 5.74) is 2.83. The number of furan rings is 1. The van der Waals surface area contributed by atoms with E-state index in [1.807, 2.05) is 64.1 Å². The molecule has 2 amide bonds. The van der Waals surface area contributed by atoms with E-state index >= 15 is 0 Å². The van der Waals surface area contributed by atoms with Gasteiger partial charge in [-0.2, -0.15) is 0 Å². The van der Waals surface area contributed by atoms with Gasteiger partial charge in [-0.25, -0.2) is 4.79 Å². The zero-order chi connectivity index (χ0) is 24.5. The van der Waals surface area contributed by atoms with Gasteiger partial charge in [0.05, 0.1) is 5.56 Å². The molecule has 180 valence electrons. The van der Waals surface area contributed by atoms with Gasteiger partial charge in [-0.05, 0) is 64.8 Å². The molecule has 7 heteroatoms. The fourth-order valence-electron chi connectivity index (χ4n) is 4.17. The maximum absolute atomic E-state index is 13.2. The van der Waals surface area contributed by atoms with Crippen molar-refractivity contribution >= 4 is 23.0 Å². The molecule has 1 fully saturated rings. The van der Waals surface area contributed by atoms with E-state index in [-0.39, 0.29) is 18.0 Å². The minimum atomic E-state index is -0.551. The first-order chi connectivity index (χ1) is 16.1. The third-order valence-corrected chi connectivity index (χ3v) is 5.73. The molecule has 4 rings (SSSR count). The predicted octanol–water partition coefficient (Wildman–Crippen LogP) is 5.37. The van der Waals surface area contributed by atoms with E-state index in [2.05, 4.69) is 11.4 Å². The zero-order valence-electron chi connectivity index (χ0n) is 20.4. The van der Waals surface area contributed by atoms with Crippen molar-refractivity contribution in [3.8, 4) is 5.75 Å². The number of fused-ring (bicyclic) bond motifs is 1. The SMILES string of the molecule is Cc1cccc(COc2ccc3oc(C)c(C(=O)N[C@@H]4CCN(C(=O)OC(C)(C)C)C4)c3c2)c1. The Balaban J connectivity index is 1.44. The van der Waals surface area contributed by atoms with Crippen molar-refractivity contribution in [2.45, 2.75) is 59.3 Å². The molecule has 1 saturated heterocycles. The van der Waals surface area contributed by atoms with Crippen molar-refractivity contribution in [1.29, 1.82) is 0 Å². The number of hydrogen-bond acceptors (Lipinski definition) is 5. The summed E-state index contributed by atoms with van der Waals surface area (Å²) < 4.78 is 17.3. The van der Waals surface area contributed by atoms with Crippen molar-refractivity contribution < 1.29 is 23.5 Å². The number of ether oxygens (including phenoxy) is 2. The summed E-state index contributed by atoms with van der Waals surface area (Å²) >= 11 is 0. The fourth-order valence-corrected chi connectivity index (χ4v) is 4.17. The average molecular weight is 465 g/mol. The van der Waals surface area contributed by atoms with E-state index in [0.29, 0.717) is 54.2 Å². The van der Waals surface area contributed by atoms with Crippen LogP contribution < -0.4 is 10.1 Å². The number of benzene rings is 2. The first kappa shape index (κ1) is 23.7. The molecule has 0 bridgehead atoms. The van der Waals surface area contributed by atoms with Gasteiger partial charge in [0.2, 0.25) is 0 Å². The molecule has 3 aromatic rings. The van der Waals surface area contributed by atoms with Crippen LogP contribution in [0.15, 0.2) is 46.9 Å². The molecule has 0 spiro atoms. The normalized spacial score (nSPS) is 16.0. The van der Waals surface area contributed by atoms with Gasteiger partial charge in [0.25, 0.3) is 5.91 Å². The Kier molecular flexibility index (Phi) is 6.55. The first-order valence-corrected chi connectivity index (χ1v) is 11.6. The second-order valence-electron chi connectivity index (χ2n) is 9.85. The van der Waals surface area contributed by atoms with Crippen LogP contribution in [0.5, 0.6) is 5.75 Å². The number of aryl methyl sites for hydroxylation is 2. The van der Waals surface area contributed by atoms with Crippen LogP contribution >= 0.6 is 0 Å². The maximum atomic E-state index is 13.2. The number of hydrogen-bond donors (Lipinski definition) is 1. The highest BCUT2D eigenvalue weighted by molar-refractivity contribution is 6.07. The van der Waals surface area contributed by atoms with Gasteiger partial charge in [-0.15, -0.1) is 0 Å². The van der Waals surface area contributed by atoms with Crippen LogP contribution in [0.2, 0.25) is 0 Å². The van der Waals surface area contributed by atoms with Crippen molar-refractivity contribution in [2.75, 3.05) is 13.1 Å². The Morgan fingerprint density at radius 1 is 1.15 bits per heavy atom. The smallest absolute Gasteiger partial charge is 0.410 e. The molecular formula is C27H32N2O5. The molecule has 1 atom stereocenters. The van der Waals surface area contributed by atoms with Crippen molar-refractivity contribution in [2.24, 2.45) is 0 Å². The fraction of sp³-hybridized carbons (Fsp3) is 0.407. The number of likely N-dealkylation sites (tertiary alicyclic amines) is 1. The quantitative estimate of drug-likeness (QED) is 0.549. The lowest BCUT2D eigenvalue weighted by Crippen LogP contribution is -2.40. The molecular weight excluding hydrogens is 432 g/mol. The van der Waals surface area contributed by atoms with Gasteiger partial charge in [-0.3, -0.25) is 4.79 Å². The van der Waals surface area contributed by atoms with Crippen LogP contribution in [0, 0.1) is 13.8 Å². The van der Waals surface area contributed by atoms with Crippen LogP contribution in [-0.2, 0) is 11.3 Å². The van der Waals surface area contributed by atoms with Crippen LogP contribution in [0.1, 0.15) is 54.4 Å². The van der Waals surface area contributed by atoms with Gasteiger partial charge >= 0.3 is 6.09 Å². The molecule has 1 aliphatic rings. The highest BCUT2D eigenvalue weighted by Crippen LogP contribution is 2.30. The topological polar surface area (TPSA) is 81.0 Å². The lowest BCUT2D eigenvalue weighted by molar-refractivity contribution is 0.0290. The van der Waals surface area contributed by atoms with Crippen LogP contribution in [0.4, 0.5) is 4.79 Å². The summed E-state index contributed by atoms with van der Waals surface area (Å²) in [6.07, 6.45) is 0.314. The number of carbonyl (C=O) groups excluding carboxylic acids is 2. The van der Waals surface area contributed by atoms with Gasteiger partial charge < -0.3 is 24.1 Å². The molecule has 1 aromatic heterocycles. The third kappa shape index (κ3) is 5.53. The Morgan fingerprint density at radius 2 is 1.94 bits per heavy atom. The minimum absolute atomic E-state index is 0.148. The molecule has 0 aliphatic carbocycles. The van der Waals surface area contributed by atoms with Crippen molar-refractivity contribution in [3.05, 3.63) is 64.9 Å². The van der Waals surface area contributed by atoms with Gasteiger partial charge in [0.15, 0.2) is 0 Å².